The number of para-hydroxylation sites is 1. The van der Waals surface area contributed by atoms with Gasteiger partial charge in [0.1, 0.15) is 0 Å². The lowest BCUT2D eigenvalue weighted by atomic mass is 9.82. The van der Waals surface area contributed by atoms with Crippen molar-refractivity contribution in [3.05, 3.63) is 42.1 Å². The van der Waals surface area contributed by atoms with Gasteiger partial charge >= 0.3 is 0 Å². The fourth-order valence-electron chi connectivity index (χ4n) is 3.02. The predicted octanol–water partition coefficient (Wildman–Crippen LogP) is 2.43. The van der Waals surface area contributed by atoms with E-state index in [-0.39, 0.29) is 11.6 Å². The highest BCUT2D eigenvalue weighted by molar-refractivity contribution is 5.82. The van der Waals surface area contributed by atoms with Crippen molar-refractivity contribution in [2.75, 3.05) is 20.3 Å². The molecule has 106 valence electrons. The van der Waals surface area contributed by atoms with E-state index in [1.165, 1.54) is 0 Å². The lowest BCUT2D eigenvalue weighted by molar-refractivity contribution is -0.104. The Labute approximate surface area is 118 Å². The first-order valence-corrected chi connectivity index (χ1v) is 6.99. The van der Waals surface area contributed by atoms with Crippen LogP contribution >= 0.6 is 0 Å². The summed E-state index contributed by atoms with van der Waals surface area (Å²) in [6.45, 7) is 1.39. The highest BCUT2D eigenvalue weighted by Crippen LogP contribution is 2.37. The molecule has 1 fully saturated rings. The van der Waals surface area contributed by atoms with Crippen LogP contribution in [0, 0.1) is 0 Å². The largest absolute Gasteiger partial charge is 0.381 e. The van der Waals surface area contributed by atoms with Crippen LogP contribution in [-0.4, -0.2) is 30.9 Å². The molecule has 2 aromatic rings. The summed E-state index contributed by atoms with van der Waals surface area (Å²) >= 11 is 0. The van der Waals surface area contributed by atoms with Crippen LogP contribution in [0.5, 0.6) is 0 Å². The zero-order chi connectivity index (χ0) is 14.0. The molecular formula is C16H20N2O2. The summed E-state index contributed by atoms with van der Waals surface area (Å²) in [6, 6.07) is 9.94. The summed E-state index contributed by atoms with van der Waals surface area (Å²) in [6.07, 6.45) is 3.43. The van der Waals surface area contributed by atoms with Gasteiger partial charge in [0.15, 0.2) is 0 Å². The number of fused-ring (bicyclic) bond motifs is 1. The fraction of sp³-hybridized carbons (Fsp3) is 0.438. The minimum atomic E-state index is -0.357. The maximum absolute atomic E-state index is 6.56. The summed E-state index contributed by atoms with van der Waals surface area (Å²) < 4.78 is 11.3. The molecule has 4 nitrogen and oxygen atoms in total. The molecule has 0 amide bonds. The molecule has 2 heterocycles. The molecular weight excluding hydrogens is 252 g/mol. The third-order valence-electron chi connectivity index (χ3n) is 4.31. The molecule has 1 aliphatic heterocycles. The van der Waals surface area contributed by atoms with Crippen LogP contribution in [0.4, 0.5) is 0 Å². The monoisotopic (exact) mass is 272 g/mol. The van der Waals surface area contributed by atoms with Crippen LogP contribution < -0.4 is 5.73 Å². The highest BCUT2D eigenvalue weighted by atomic mass is 16.5. The first kappa shape index (κ1) is 13.5. The summed E-state index contributed by atoms with van der Waals surface area (Å²) in [4.78, 5) is 4.50. The van der Waals surface area contributed by atoms with Crippen molar-refractivity contribution in [2.24, 2.45) is 5.73 Å². The lowest BCUT2D eigenvalue weighted by Gasteiger charge is -2.40. The Hall–Kier alpha value is -1.49. The molecule has 1 aromatic heterocycles. The Morgan fingerprint density at radius 2 is 2.00 bits per heavy atom. The van der Waals surface area contributed by atoms with Crippen molar-refractivity contribution in [1.29, 1.82) is 0 Å². The standard InChI is InChI=1S/C16H20N2O2/c1-19-16(7-10-20-11-8-16)15(17)13-6-2-4-12-5-3-9-18-14(12)13/h2-6,9,15H,7-8,10-11,17H2,1H3. The van der Waals surface area contributed by atoms with Crippen LogP contribution in [-0.2, 0) is 9.47 Å². The first-order valence-electron chi connectivity index (χ1n) is 6.99. The van der Waals surface area contributed by atoms with E-state index in [1.807, 2.05) is 18.3 Å². The molecule has 1 aliphatic rings. The van der Waals surface area contributed by atoms with Crippen LogP contribution in [0.1, 0.15) is 24.4 Å². The van der Waals surface area contributed by atoms with E-state index in [1.54, 1.807) is 7.11 Å². The molecule has 3 rings (SSSR count). The molecule has 0 spiro atoms. The Morgan fingerprint density at radius 1 is 1.25 bits per heavy atom. The van der Waals surface area contributed by atoms with E-state index in [0.717, 1.165) is 29.3 Å². The predicted molar refractivity (Wildman–Crippen MR) is 78.5 cm³/mol. The zero-order valence-corrected chi connectivity index (χ0v) is 11.7. The smallest absolute Gasteiger partial charge is 0.0914 e. The number of pyridine rings is 1. The summed E-state index contributed by atoms with van der Waals surface area (Å²) in [5, 5.41) is 1.11. The summed E-state index contributed by atoms with van der Waals surface area (Å²) in [5.41, 5.74) is 8.22. The number of nitrogens with zero attached hydrogens (tertiary/aromatic N) is 1. The SMILES string of the molecule is COC1(C(N)c2cccc3cccnc23)CCOCC1. The van der Waals surface area contributed by atoms with Gasteiger partial charge in [-0.2, -0.15) is 0 Å². The number of benzene rings is 1. The van der Waals surface area contributed by atoms with E-state index in [2.05, 4.69) is 23.2 Å². The minimum Gasteiger partial charge on any atom is -0.381 e. The third-order valence-corrected chi connectivity index (χ3v) is 4.31. The van der Waals surface area contributed by atoms with Crippen LogP contribution in [0.3, 0.4) is 0 Å². The number of ether oxygens (including phenoxy) is 2. The molecule has 1 unspecified atom stereocenters. The summed E-state index contributed by atoms with van der Waals surface area (Å²) in [5.74, 6) is 0. The fourth-order valence-corrected chi connectivity index (χ4v) is 3.02. The second-order valence-corrected chi connectivity index (χ2v) is 5.28. The van der Waals surface area contributed by atoms with E-state index < -0.39 is 0 Å². The van der Waals surface area contributed by atoms with Crippen LogP contribution in [0.25, 0.3) is 10.9 Å². The normalized spacial score (nSPS) is 19.9. The number of nitrogens with two attached hydrogens (primary N) is 1. The van der Waals surface area contributed by atoms with Gasteiger partial charge in [-0.1, -0.05) is 24.3 Å². The second-order valence-electron chi connectivity index (χ2n) is 5.28. The van der Waals surface area contributed by atoms with Gasteiger partial charge < -0.3 is 15.2 Å². The molecule has 1 saturated heterocycles. The second kappa shape index (κ2) is 5.48. The molecule has 2 N–H and O–H groups in total. The van der Waals surface area contributed by atoms with Crippen molar-refractivity contribution in [2.45, 2.75) is 24.5 Å². The Morgan fingerprint density at radius 3 is 2.75 bits per heavy atom. The Kier molecular flexibility index (Phi) is 3.70. The average Bonchev–Trinajstić information content (AvgIpc) is 2.54. The van der Waals surface area contributed by atoms with Crippen LogP contribution in [0.15, 0.2) is 36.5 Å². The van der Waals surface area contributed by atoms with Crippen molar-refractivity contribution in [3.63, 3.8) is 0 Å². The van der Waals surface area contributed by atoms with Crippen molar-refractivity contribution >= 4 is 10.9 Å². The maximum atomic E-state index is 6.56. The van der Waals surface area contributed by atoms with Gasteiger partial charge in [0, 0.05) is 44.7 Å². The van der Waals surface area contributed by atoms with Gasteiger partial charge in [0.05, 0.1) is 17.2 Å². The van der Waals surface area contributed by atoms with Gasteiger partial charge in [0.25, 0.3) is 0 Å². The number of hydrogen-bond donors (Lipinski definition) is 1. The third kappa shape index (κ3) is 2.20. The topological polar surface area (TPSA) is 57.4 Å². The van der Waals surface area contributed by atoms with Crippen molar-refractivity contribution < 1.29 is 9.47 Å². The maximum Gasteiger partial charge on any atom is 0.0914 e. The molecule has 20 heavy (non-hydrogen) atoms. The van der Waals surface area contributed by atoms with Crippen LogP contribution in [0.2, 0.25) is 0 Å². The van der Waals surface area contributed by atoms with Crippen molar-refractivity contribution in [3.8, 4) is 0 Å². The molecule has 1 atom stereocenters. The summed E-state index contributed by atoms with van der Waals surface area (Å²) in [7, 11) is 1.74. The Bertz CT molecular complexity index is 589. The molecule has 0 aliphatic carbocycles. The number of rotatable bonds is 3. The molecule has 1 aromatic carbocycles. The average molecular weight is 272 g/mol. The molecule has 0 bridgehead atoms. The highest BCUT2D eigenvalue weighted by Gasteiger charge is 2.40. The van der Waals surface area contributed by atoms with Gasteiger partial charge in [0.2, 0.25) is 0 Å². The van der Waals surface area contributed by atoms with Crippen molar-refractivity contribution in [1.82, 2.24) is 4.98 Å². The number of aromatic nitrogens is 1. The molecule has 0 saturated carbocycles. The van der Waals surface area contributed by atoms with Gasteiger partial charge in [-0.05, 0) is 11.6 Å². The van der Waals surface area contributed by atoms with Gasteiger partial charge in [-0.3, -0.25) is 4.98 Å². The van der Waals surface area contributed by atoms with E-state index in [4.69, 9.17) is 15.2 Å². The quantitative estimate of drug-likeness (QED) is 0.932. The van der Waals surface area contributed by atoms with E-state index >= 15 is 0 Å². The number of hydrogen-bond acceptors (Lipinski definition) is 4. The van der Waals surface area contributed by atoms with E-state index in [0.29, 0.717) is 13.2 Å². The Balaban J connectivity index is 2.05. The molecule has 0 radical (unpaired) electrons. The first-order chi connectivity index (χ1) is 9.77. The van der Waals surface area contributed by atoms with Gasteiger partial charge in [-0.15, -0.1) is 0 Å². The zero-order valence-electron chi connectivity index (χ0n) is 11.7. The lowest BCUT2D eigenvalue weighted by Crippen LogP contribution is -2.47. The number of methoxy groups -OCH3 is 1. The van der Waals surface area contributed by atoms with E-state index in [9.17, 15) is 0 Å². The van der Waals surface area contributed by atoms with Gasteiger partial charge in [-0.25, -0.2) is 0 Å². The molecule has 4 heteroatoms. The minimum absolute atomic E-state index is 0.199.